The van der Waals surface area contributed by atoms with Crippen LogP contribution in [0.15, 0.2) is 12.5 Å². The van der Waals surface area contributed by atoms with Gasteiger partial charge in [-0.3, -0.25) is 4.90 Å². The first-order valence-corrected chi connectivity index (χ1v) is 6.29. The predicted molar refractivity (Wildman–Crippen MR) is 63.2 cm³/mol. The summed E-state index contributed by atoms with van der Waals surface area (Å²) in [5.74, 6) is 0. The van der Waals surface area contributed by atoms with Crippen LogP contribution < -0.4 is 5.32 Å². The largest absolute Gasteiger partial charge is 0.329 e. The third-order valence-corrected chi connectivity index (χ3v) is 4.03. The summed E-state index contributed by atoms with van der Waals surface area (Å²) >= 11 is 0. The van der Waals surface area contributed by atoms with Crippen LogP contribution >= 0.6 is 0 Å². The lowest BCUT2D eigenvalue weighted by Gasteiger charge is -2.23. The molecular weight excluding hydrogens is 200 g/mol. The van der Waals surface area contributed by atoms with Crippen molar-refractivity contribution in [3.05, 3.63) is 18.2 Å². The van der Waals surface area contributed by atoms with Crippen molar-refractivity contribution < 1.29 is 0 Å². The van der Waals surface area contributed by atoms with Gasteiger partial charge in [0, 0.05) is 25.3 Å². The Kier molecular flexibility index (Phi) is 2.69. The third-order valence-electron chi connectivity index (χ3n) is 4.03. The Bertz CT molecular complexity index is 360. The number of nitrogens with zero attached hydrogens (tertiary/aromatic N) is 3. The molecule has 16 heavy (non-hydrogen) atoms. The lowest BCUT2D eigenvalue weighted by Crippen LogP contribution is -2.28. The zero-order valence-corrected chi connectivity index (χ0v) is 9.89. The fourth-order valence-corrected chi connectivity index (χ4v) is 3.33. The monoisotopic (exact) mass is 220 g/mol. The molecule has 3 rings (SSSR count). The van der Waals surface area contributed by atoms with Crippen molar-refractivity contribution in [1.82, 2.24) is 19.8 Å². The molecule has 88 valence electrons. The first kappa shape index (κ1) is 10.3. The van der Waals surface area contributed by atoms with Gasteiger partial charge in [0.15, 0.2) is 0 Å². The van der Waals surface area contributed by atoms with E-state index in [0.717, 1.165) is 12.6 Å². The topological polar surface area (TPSA) is 33.1 Å². The van der Waals surface area contributed by atoms with Crippen LogP contribution in [0.25, 0.3) is 0 Å². The molecule has 4 nitrogen and oxygen atoms in total. The van der Waals surface area contributed by atoms with Gasteiger partial charge in [0.1, 0.15) is 0 Å². The van der Waals surface area contributed by atoms with E-state index in [1.54, 1.807) is 0 Å². The van der Waals surface area contributed by atoms with E-state index >= 15 is 0 Å². The Morgan fingerprint density at radius 3 is 3.19 bits per heavy atom. The molecule has 3 heterocycles. The summed E-state index contributed by atoms with van der Waals surface area (Å²) in [4.78, 5) is 6.95. The minimum atomic E-state index is 0.661. The molecule has 2 fully saturated rings. The number of imidazole rings is 1. The van der Waals surface area contributed by atoms with E-state index in [2.05, 4.69) is 19.8 Å². The molecule has 0 radical (unpaired) electrons. The highest BCUT2D eigenvalue weighted by atomic mass is 15.3. The van der Waals surface area contributed by atoms with Gasteiger partial charge in [-0.1, -0.05) is 0 Å². The van der Waals surface area contributed by atoms with Gasteiger partial charge in [-0.15, -0.1) is 0 Å². The highest BCUT2D eigenvalue weighted by Gasteiger charge is 2.38. The third kappa shape index (κ3) is 1.57. The number of fused-ring (bicyclic) bond motifs is 1. The average Bonchev–Trinajstić information content (AvgIpc) is 2.91. The molecule has 0 bridgehead atoms. The first-order valence-electron chi connectivity index (χ1n) is 6.29. The average molecular weight is 220 g/mol. The maximum Gasteiger partial charge on any atom is 0.0951 e. The molecule has 1 N–H and O–H groups in total. The van der Waals surface area contributed by atoms with Crippen LogP contribution in [0.5, 0.6) is 0 Å². The number of hydrogen-bond donors (Lipinski definition) is 1. The summed E-state index contributed by atoms with van der Waals surface area (Å²) in [6.45, 7) is 3.49. The van der Waals surface area contributed by atoms with Crippen LogP contribution in [0, 0.1) is 0 Å². The Morgan fingerprint density at radius 1 is 1.38 bits per heavy atom. The van der Waals surface area contributed by atoms with E-state index in [4.69, 9.17) is 0 Å². The molecule has 0 aromatic carbocycles. The summed E-state index contributed by atoms with van der Waals surface area (Å²) in [6, 6.07) is 1.43. The number of nitrogens with one attached hydrogen (secondary N) is 1. The van der Waals surface area contributed by atoms with E-state index < -0.39 is 0 Å². The molecule has 2 aliphatic heterocycles. The lowest BCUT2D eigenvalue weighted by atomic mass is 10.1. The molecule has 0 saturated carbocycles. The molecule has 2 saturated heterocycles. The van der Waals surface area contributed by atoms with E-state index in [9.17, 15) is 0 Å². The Labute approximate surface area is 96.7 Å². The second-order valence-corrected chi connectivity index (χ2v) is 4.92. The van der Waals surface area contributed by atoms with Gasteiger partial charge >= 0.3 is 0 Å². The predicted octanol–water partition coefficient (Wildman–Crippen LogP) is 1.01. The van der Waals surface area contributed by atoms with Gasteiger partial charge in [-0.05, 0) is 32.9 Å². The van der Waals surface area contributed by atoms with Crippen LogP contribution in [0.1, 0.15) is 31.0 Å². The molecule has 2 atom stereocenters. The minimum Gasteiger partial charge on any atom is -0.329 e. The van der Waals surface area contributed by atoms with E-state index in [0.29, 0.717) is 6.04 Å². The maximum atomic E-state index is 4.30. The number of rotatable bonds is 3. The van der Waals surface area contributed by atoms with Crippen molar-refractivity contribution in [2.75, 3.05) is 20.1 Å². The molecule has 1 aromatic rings. The SMILES string of the molecule is CNCc1cncn1C1CCN2CCCC12. The fraction of sp³-hybridized carbons (Fsp3) is 0.750. The quantitative estimate of drug-likeness (QED) is 0.825. The maximum absolute atomic E-state index is 4.30. The van der Waals surface area contributed by atoms with Gasteiger partial charge < -0.3 is 9.88 Å². The van der Waals surface area contributed by atoms with Gasteiger partial charge in [0.2, 0.25) is 0 Å². The number of hydrogen-bond acceptors (Lipinski definition) is 3. The molecular formula is C12H20N4. The van der Waals surface area contributed by atoms with Crippen molar-refractivity contribution in [3.8, 4) is 0 Å². The Balaban J connectivity index is 1.83. The van der Waals surface area contributed by atoms with E-state index in [1.807, 2.05) is 19.6 Å². The molecule has 0 amide bonds. The van der Waals surface area contributed by atoms with Crippen LogP contribution in [0.2, 0.25) is 0 Å². The van der Waals surface area contributed by atoms with Crippen molar-refractivity contribution in [2.24, 2.45) is 0 Å². The van der Waals surface area contributed by atoms with E-state index in [-0.39, 0.29) is 0 Å². The second kappa shape index (κ2) is 4.18. The second-order valence-electron chi connectivity index (χ2n) is 4.92. The smallest absolute Gasteiger partial charge is 0.0951 e. The van der Waals surface area contributed by atoms with Gasteiger partial charge in [-0.25, -0.2) is 4.98 Å². The summed E-state index contributed by atoms with van der Waals surface area (Å²) < 4.78 is 2.40. The van der Waals surface area contributed by atoms with Crippen molar-refractivity contribution in [2.45, 2.75) is 37.9 Å². The summed E-state index contributed by atoms with van der Waals surface area (Å²) in [6.07, 6.45) is 8.03. The Hall–Kier alpha value is -0.870. The highest BCUT2D eigenvalue weighted by Crippen LogP contribution is 2.36. The van der Waals surface area contributed by atoms with E-state index in [1.165, 1.54) is 38.0 Å². The molecule has 1 aromatic heterocycles. The van der Waals surface area contributed by atoms with Gasteiger partial charge in [0.25, 0.3) is 0 Å². The van der Waals surface area contributed by atoms with Gasteiger partial charge in [-0.2, -0.15) is 0 Å². The van der Waals surface area contributed by atoms with Gasteiger partial charge in [0.05, 0.1) is 18.1 Å². The summed E-state index contributed by atoms with van der Waals surface area (Å²) in [5, 5.41) is 3.22. The number of aromatic nitrogens is 2. The highest BCUT2D eigenvalue weighted by molar-refractivity contribution is 5.05. The van der Waals surface area contributed by atoms with Crippen LogP contribution in [0.4, 0.5) is 0 Å². The zero-order chi connectivity index (χ0) is 11.0. The lowest BCUT2D eigenvalue weighted by molar-refractivity contribution is 0.287. The summed E-state index contributed by atoms with van der Waals surface area (Å²) in [5.41, 5.74) is 1.32. The van der Waals surface area contributed by atoms with Crippen molar-refractivity contribution in [1.29, 1.82) is 0 Å². The molecule has 0 spiro atoms. The normalized spacial score (nSPS) is 29.8. The van der Waals surface area contributed by atoms with Crippen LogP contribution in [-0.2, 0) is 6.54 Å². The summed E-state index contributed by atoms with van der Waals surface area (Å²) in [7, 11) is 1.99. The standard InChI is InChI=1S/C12H20N4/c1-13-7-10-8-14-9-16(10)12-4-6-15-5-2-3-11(12)15/h8-9,11-13H,2-7H2,1H3. The molecule has 2 aliphatic rings. The van der Waals surface area contributed by atoms with Crippen molar-refractivity contribution >= 4 is 0 Å². The van der Waals surface area contributed by atoms with Crippen molar-refractivity contribution in [3.63, 3.8) is 0 Å². The fourth-order valence-electron chi connectivity index (χ4n) is 3.33. The van der Waals surface area contributed by atoms with Crippen LogP contribution in [0.3, 0.4) is 0 Å². The minimum absolute atomic E-state index is 0.661. The first-order chi connectivity index (χ1) is 7.90. The zero-order valence-electron chi connectivity index (χ0n) is 9.89. The molecule has 0 aliphatic carbocycles. The molecule has 2 unspecified atom stereocenters. The molecule has 4 heteroatoms. The van der Waals surface area contributed by atoms with Crippen LogP contribution in [-0.4, -0.2) is 40.6 Å². The Morgan fingerprint density at radius 2 is 2.31 bits per heavy atom.